The molecule has 6 nitrogen and oxygen atoms in total. The molecule has 0 bridgehead atoms. The van der Waals surface area contributed by atoms with Crippen molar-refractivity contribution >= 4 is 17.3 Å². The Labute approximate surface area is 124 Å². The smallest absolute Gasteiger partial charge is 0.296 e. The summed E-state index contributed by atoms with van der Waals surface area (Å²) in [6, 6.07) is 4.49. The first-order valence-electron chi connectivity index (χ1n) is 7.25. The van der Waals surface area contributed by atoms with Gasteiger partial charge in [0, 0.05) is 5.92 Å². The largest absolute Gasteiger partial charge is 0.493 e. The highest BCUT2D eigenvalue weighted by Gasteiger charge is 2.20. The minimum absolute atomic E-state index is 0.138. The van der Waals surface area contributed by atoms with E-state index in [4.69, 9.17) is 4.74 Å². The molecular weight excluding hydrogens is 272 g/mol. The zero-order valence-electron chi connectivity index (χ0n) is 12.7. The van der Waals surface area contributed by atoms with E-state index >= 15 is 0 Å². The van der Waals surface area contributed by atoms with Gasteiger partial charge in [0.25, 0.3) is 5.69 Å². The number of nitrogens with one attached hydrogen (secondary N) is 1. The van der Waals surface area contributed by atoms with Gasteiger partial charge >= 0.3 is 0 Å². The molecule has 0 atom stereocenters. The number of rotatable bonds is 8. The van der Waals surface area contributed by atoms with Crippen LogP contribution in [0.15, 0.2) is 18.2 Å². The number of hydrogen-bond donors (Lipinski definition) is 1. The molecule has 0 aliphatic rings. The van der Waals surface area contributed by atoms with Crippen LogP contribution in [0.1, 0.15) is 40.0 Å². The van der Waals surface area contributed by atoms with Crippen molar-refractivity contribution < 1.29 is 14.5 Å². The minimum atomic E-state index is -0.513. The van der Waals surface area contributed by atoms with E-state index in [1.807, 2.05) is 20.8 Å². The molecule has 0 unspecified atom stereocenters. The number of nitrogens with zero attached hydrogens (tertiary/aromatic N) is 1. The summed E-state index contributed by atoms with van der Waals surface area (Å²) in [6.07, 6.45) is 2.22. The number of hydrogen-bond acceptors (Lipinski definition) is 4. The third kappa shape index (κ3) is 4.73. The molecule has 0 saturated heterocycles. The molecule has 1 aromatic rings. The van der Waals surface area contributed by atoms with Crippen molar-refractivity contribution in [2.45, 2.75) is 40.0 Å². The molecule has 6 heteroatoms. The van der Waals surface area contributed by atoms with Crippen LogP contribution in [0.3, 0.4) is 0 Å². The molecule has 0 saturated carbocycles. The normalized spacial score (nSPS) is 10.5. The number of anilines is 1. The highest BCUT2D eigenvalue weighted by atomic mass is 16.6. The van der Waals surface area contributed by atoms with Gasteiger partial charge in [0.15, 0.2) is 0 Å². The van der Waals surface area contributed by atoms with Gasteiger partial charge in [0.1, 0.15) is 11.4 Å². The Bertz CT molecular complexity index is 498. The average molecular weight is 294 g/mol. The molecule has 1 amide bonds. The lowest BCUT2D eigenvalue weighted by atomic mass is 10.0. The third-order valence-corrected chi connectivity index (χ3v) is 3.25. The van der Waals surface area contributed by atoms with E-state index in [0.717, 1.165) is 6.42 Å². The summed E-state index contributed by atoms with van der Waals surface area (Å²) < 4.78 is 5.38. The van der Waals surface area contributed by atoms with Crippen LogP contribution in [0.2, 0.25) is 0 Å². The topological polar surface area (TPSA) is 81.5 Å². The van der Waals surface area contributed by atoms with Gasteiger partial charge in [-0.25, -0.2) is 0 Å². The summed E-state index contributed by atoms with van der Waals surface area (Å²) in [5.41, 5.74) is 0.0589. The van der Waals surface area contributed by atoms with E-state index in [1.165, 1.54) is 12.1 Å². The second-order valence-corrected chi connectivity index (χ2v) is 4.79. The summed E-state index contributed by atoms with van der Waals surface area (Å²) in [5.74, 6) is 0.107. The number of nitro groups is 1. The van der Waals surface area contributed by atoms with Crippen LogP contribution in [0, 0.1) is 16.0 Å². The fourth-order valence-electron chi connectivity index (χ4n) is 1.97. The lowest BCUT2D eigenvalue weighted by molar-refractivity contribution is -0.384. The second kappa shape index (κ2) is 8.24. The predicted octanol–water partition coefficient (Wildman–Crippen LogP) is 3.76. The number of nitro benzene ring substituents is 1. The third-order valence-electron chi connectivity index (χ3n) is 3.25. The molecule has 0 aliphatic carbocycles. The molecule has 0 aromatic heterocycles. The van der Waals surface area contributed by atoms with Crippen LogP contribution in [0.5, 0.6) is 5.75 Å². The van der Waals surface area contributed by atoms with Gasteiger partial charge < -0.3 is 10.1 Å². The first-order valence-corrected chi connectivity index (χ1v) is 7.25. The van der Waals surface area contributed by atoms with Gasteiger partial charge in [0.05, 0.1) is 17.6 Å². The fourth-order valence-corrected chi connectivity index (χ4v) is 1.97. The van der Waals surface area contributed by atoms with Gasteiger partial charge in [-0.1, -0.05) is 20.8 Å². The monoisotopic (exact) mass is 294 g/mol. The molecule has 116 valence electrons. The molecular formula is C15H22N2O4. The van der Waals surface area contributed by atoms with Crippen molar-refractivity contribution in [3.63, 3.8) is 0 Å². The Balaban J connectivity index is 2.96. The van der Waals surface area contributed by atoms with Crippen molar-refractivity contribution in [1.82, 2.24) is 0 Å². The highest BCUT2D eigenvalue weighted by molar-refractivity contribution is 5.94. The lowest BCUT2D eigenvalue weighted by Crippen LogP contribution is -2.22. The van der Waals surface area contributed by atoms with Crippen LogP contribution in [-0.2, 0) is 4.79 Å². The SMILES string of the molecule is CCCOc1ccc(NC(=O)C(CC)CC)c([N+](=O)[O-])c1. The lowest BCUT2D eigenvalue weighted by Gasteiger charge is -2.13. The molecule has 1 aromatic carbocycles. The zero-order chi connectivity index (χ0) is 15.8. The van der Waals surface area contributed by atoms with Gasteiger partial charge in [-0.15, -0.1) is 0 Å². The summed E-state index contributed by atoms with van der Waals surface area (Å²) in [7, 11) is 0. The summed E-state index contributed by atoms with van der Waals surface area (Å²) in [6.45, 7) is 6.29. The van der Waals surface area contributed by atoms with Crippen LogP contribution in [0.25, 0.3) is 0 Å². The van der Waals surface area contributed by atoms with E-state index in [2.05, 4.69) is 5.32 Å². The van der Waals surface area contributed by atoms with E-state index in [-0.39, 0.29) is 23.2 Å². The Morgan fingerprint density at radius 2 is 2.00 bits per heavy atom. The number of benzene rings is 1. The van der Waals surface area contributed by atoms with Gasteiger partial charge in [-0.05, 0) is 31.4 Å². The first-order chi connectivity index (χ1) is 10.0. The standard InChI is InChI=1S/C15H22N2O4/c1-4-9-21-12-7-8-13(14(10-12)17(19)20)16-15(18)11(5-2)6-3/h7-8,10-11H,4-6,9H2,1-3H3,(H,16,18). The van der Waals surface area contributed by atoms with Crippen molar-refractivity contribution in [2.24, 2.45) is 5.92 Å². The predicted molar refractivity (Wildman–Crippen MR) is 81.6 cm³/mol. The van der Waals surface area contributed by atoms with Crippen molar-refractivity contribution in [3.05, 3.63) is 28.3 Å². The molecule has 0 heterocycles. The van der Waals surface area contributed by atoms with Crippen LogP contribution >= 0.6 is 0 Å². The Hall–Kier alpha value is -2.11. The average Bonchev–Trinajstić information content (AvgIpc) is 2.47. The number of ether oxygens (including phenoxy) is 1. The maximum atomic E-state index is 12.0. The number of carbonyl (C=O) groups excluding carboxylic acids is 1. The molecule has 1 rings (SSSR count). The summed E-state index contributed by atoms with van der Waals surface area (Å²) in [5, 5.41) is 13.8. The quantitative estimate of drug-likeness (QED) is 0.584. The van der Waals surface area contributed by atoms with Crippen molar-refractivity contribution in [1.29, 1.82) is 0 Å². The van der Waals surface area contributed by atoms with Gasteiger partial charge in [-0.3, -0.25) is 14.9 Å². The highest BCUT2D eigenvalue weighted by Crippen LogP contribution is 2.30. The minimum Gasteiger partial charge on any atom is -0.493 e. The number of carbonyl (C=O) groups is 1. The Kier molecular flexibility index (Phi) is 6.65. The molecule has 0 fully saturated rings. The summed E-state index contributed by atoms with van der Waals surface area (Å²) >= 11 is 0. The molecule has 0 aliphatic heterocycles. The van der Waals surface area contributed by atoms with Crippen LogP contribution in [0.4, 0.5) is 11.4 Å². The van der Waals surface area contributed by atoms with E-state index in [9.17, 15) is 14.9 Å². The van der Waals surface area contributed by atoms with E-state index in [1.54, 1.807) is 6.07 Å². The first kappa shape index (κ1) is 16.9. The Morgan fingerprint density at radius 1 is 1.33 bits per heavy atom. The van der Waals surface area contributed by atoms with Gasteiger partial charge in [0.2, 0.25) is 5.91 Å². The number of amides is 1. The maximum absolute atomic E-state index is 12.0. The van der Waals surface area contributed by atoms with Gasteiger partial charge in [-0.2, -0.15) is 0 Å². The molecule has 21 heavy (non-hydrogen) atoms. The Morgan fingerprint density at radius 3 is 2.52 bits per heavy atom. The fraction of sp³-hybridized carbons (Fsp3) is 0.533. The van der Waals surface area contributed by atoms with Crippen LogP contribution < -0.4 is 10.1 Å². The summed E-state index contributed by atoms with van der Waals surface area (Å²) in [4.78, 5) is 22.7. The maximum Gasteiger partial charge on any atom is 0.296 e. The molecule has 0 spiro atoms. The molecule has 0 radical (unpaired) electrons. The van der Waals surface area contributed by atoms with Crippen molar-refractivity contribution in [2.75, 3.05) is 11.9 Å². The molecule has 1 N–H and O–H groups in total. The van der Waals surface area contributed by atoms with Crippen LogP contribution in [-0.4, -0.2) is 17.4 Å². The van der Waals surface area contributed by atoms with E-state index < -0.39 is 4.92 Å². The van der Waals surface area contributed by atoms with E-state index in [0.29, 0.717) is 25.2 Å². The van der Waals surface area contributed by atoms with Crippen molar-refractivity contribution in [3.8, 4) is 5.75 Å². The second-order valence-electron chi connectivity index (χ2n) is 4.79. The zero-order valence-corrected chi connectivity index (χ0v) is 12.7.